The predicted molar refractivity (Wildman–Crippen MR) is 93.9 cm³/mol. The molecule has 0 aliphatic carbocycles. The molecule has 1 saturated heterocycles. The molecule has 0 aromatic heterocycles. The number of aliphatic hydroxyl groups is 1. The summed E-state index contributed by atoms with van der Waals surface area (Å²) in [5.74, 6) is 0.243. The summed E-state index contributed by atoms with van der Waals surface area (Å²) in [6.07, 6.45) is 3.46. The maximum absolute atomic E-state index is 12.9. The minimum Gasteiger partial charge on any atom is -0.390 e. The lowest BCUT2D eigenvalue weighted by molar-refractivity contribution is -0.117. The standard InChI is InChI=1S/C19H27FN2O2/c1-14-7-9-22(10-8-14)13-18(23)12-21-19(24)15(2)11-16-3-5-17(20)6-4-16/h3-6,11,14,18,23H,7-10,12-13H2,1-2H3,(H,21,24)/b15-11+. The number of halogens is 1. The number of β-amino-alcohol motifs (C(OH)–C–C–N with tert-alkyl or cyclic N) is 1. The fraction of sp³-hybridized carbons (Fsp3) is 0.526. The second-order valence-corrected chi connectivity index (χ2v) is 6.73. The third kappa shape index (κ3) is 6.06. The van der Waals surface area contributed by atoms with Gasteiger partial charge in [0.15, 0.2) is 0 Å². The lowest BCUT2D eigenvalue weighted by Gasteiger charge is -2.31. The molecule has 1 aromatic rings. The zero-order valence-electron chi connectivity index (χ0n) is 14.5. The van der Waals surface area contributed by atoms with Gasteiger partial charge in [0.2, 0.25) is 5.91 Å². The van der Waals surface area contributed by atoms with Gasteiger partial charge in [0.05, 0.1) is 6.10 Å². The molecular formula is C19H27FN2O2. The van der Waals surface area contributed by atoms with Crippen molar-refractivity contribution in [3.05, 3.63) is 41.2 Å². The first-order valence-electron chi connectivity index (χ1n) is 8.56. The van der Waals surface area contributed by atoms with Crippen molar-refractivity contribution in [2.75, 3.05) is 26.2 Å². The van der Waals surface area contributed by atoms with E-state index in [2.05, 4.69) is 17.1 Å². The fourth-order valence-corrected chi connectivity index (χ4v) is 2.83. The van der Waals surface area contributed by atoms with Crippen molar-refractivity contribution < 1.29 is 14.3 Å². The van der Waals surface area contributed by atoms with Crippen LogP contribution in [0.1, 0.15) is 32.3 Å². The second kappa shape index (κ2) is 8.94. The molecule has 0 spiro atoms. The number of aliphatic hydroxyl groups excluding tert-OH is 1. The van der Waals surface area contributed by atoms with E-state index in [0.29, 0.717) is 12.1 Å². The van der Waals surface area contributed by atoms with Crippen molar-refractivity contribution in [1.29, 1.82) is 0 Å². The molecule has 2 N–H and O–H groups in total. The summed E-state index contributed by atoms with van der Waals surface area (Å²) in [6, 6.07) is 5.97. The summed E-state index contributed by atoms with van der Waals surface area (Å²) < 4.78 is 12.9. The number of amides is 1. The van der Waals surface area contributed by atoms with Crippen LogP contribution in [0.25, 0.3) is 6.08 Å². The van der Waals surface area contributed by atoms with Gasteiger partial charge in [0.1, 0.15) is 5.82 Å². The Hall–Kier alpha value is -1.72. The van der Waals surface area contributed by atoms with Gasteiger partial charge in [0, 0.05) is 18.7 Å². The molecule has 1 atom stereocenters. The lowest BCUT2D eigenvalue weighted by atomic mass is 9.99. The number of hydrogen-bond donors (Lipinski definition) is 2. The van der Waals surface area contributed by atoms with Gasteiger partial charge in [-0.1, -0.05) is 19.1 Å². The Morgan fingerprint density at radius 1 is 1.38 bits per heavy atom. The van der Waals surface area contributed by atoms with Crippen LogP contribution in [-0.2, 0) is 4.79 Å². The molecular weight excluding hydrogens is 307 g/mol. The van der Waals surface area contributed by atoms with Crippen molar-refractivity contribution in [3.63, 3.8) is 0 Å². The first-order chi connectivity index (χ1) is 11.4. The number of carbonyl (C=O) groups is 1. The minimum absolute atomic E-state index is 0.217. The largest absolute Gasteiger partial charge is 0.390 e. The first kappa shape index (κ1) is 18.6. The molecule has 5 heteroatoms. The highest BCUT2D eigenvalue weighted by atomic mass is 19.1. The fourth-order valence-electron chi connectivity index (χ4n) is 2.83. The Kier molecular flexibility index (Phi) is 6.94. The predicted octanol–water partition coefficient (Wildman–Crippen LogP) is 2.44. The van der Waals surface area contributed by atoms with Crippen LogP contribution in [0.4, 0.5) is 4.39 Å². The normalized spacial score (nSPS) is 18.4. The lowest BCUT2D eigenvalue weighted by Crippen LogP contribution is -2.43. The Morgan fingerprint density at radius 2 is 2.00 bits per heavy atom. The van der Waals surface area contributed by atoms with E-state index in [1.165, 1.54) is 25.0 Å². The van der Waals surface area contributed by atoms with Gasteiger partial charge in [-0.2, -0.15) is 0 Å². The zero-order chi connectivity index (χ0) is 17.5. The van der Waals surface area contributed by atoms with Gasteiger partial charge in [-0.3, -0.25) is 4.79 Å². The van der Waals surface area contributed by atoms with Gasteiger partial charge in [-0.05, 0) is 62.5 Å². The maximum Gasteiger partial charge on any atom is 0.247 e. The highest BCUT2D eigenvalue weighted by Crippen LogP contribution is 2.15. The van der Waals surface area contributed by atoms with Gasteiger partial charge < -0.3 is 15.3 Å². The van der Waals surface area contributed by atoms with Crippen LogP contribution < -0.4 is 5.32 Å². The summed E-state index contributed by atoms with van der Waals surface area (Å²) in [6.45, 7) is 6.81. The quantitative estimate of drug-likeness (QED) is 0.786. The molecule has 1 aromatic carbocycles. The van der Waals surface area contributed by atoms with E-state index < -0.39 is 6.10 Å². The third-order valence-corrected chi connectivity index (χ3v) is 4.45. The van der Waals surface area contributed by atoms with Gasteiger partial charge in [-0.25, -0.2) is 4.39 Å². The monoisotopic (exact) mass is 334 g/mol. The van der Waals surface area contributed by atoms with Crippen molar-refractivity contribution in [2.24, 2.45) is 5.92 Å². The maximum atomic E-state index is 12.9. The zero-order valence-corrected chi connectivity index (χ0v) is 14.5. The second-order valence-electron chi connectivity index (χ2n) is 6.73. The van der Waals surface area contributed by atoms with Gasteiger partial charge in [0.25, 0.3) is 0 Å². The third-order valence-electron chi connectivity index (χ3n) is 4.45. The molecule has 1 heterocycles. The average molecular weight is 334 g/mol. The molecule has 0 bridgehead atoms. The van der Waals surface area contributed by atoms with Crippen LogP contribution >= 0.6 is 0 Å². The summed E-state index contributed by atoms with van der Waals surface area (Å²) in [7, 11) is 0. The van der Waals surface area contributed by atoms with E-state index in [-0.39, 0.29) is 18.3 Å². The van der Waals surface area contributed by atoms with E-state index in [4.69, 9.17) is 0 Å². The van der Waals surface area contributed by atoms with Crippen molar-refractivity contribution in [1.82, 2.24) is 10.2 Å². The van der Waals surface area contributed by atoms with Gasteiger partial charge in [-0.15, -0.1) is 0 Å². The Balaban J connectivity index is 1.76. The highest BCUT2D eigenvalue weighted by Gasteiger charge is 2.18. The van der Waals surface area contributed by atoms with Crippen molar-refractivity contribution in [2.45, 2.75) is 32.8 Å². The summed E-state index contributed by atoms with van der Waals surface area (Å²) in [5.41, 5.74) is 1.30. The molecule has 4 nitrogen and oxygen atoms in total. The molecule has 1 aliphatic heterocycles. The Morgan fingerprint density at radius 3 is 2.62 bits per heavy atom. The number of hydrogen-bond acceptors (Lipinski definition) is 3. The Labute approximate surface area is 143 Å². The molecule has 2 rings (SSSR count). The van der Waals surface area contributed by atoms with Gasteiger partial charge >= 0.3 is 0 Å². The summed E-state index contributed by atoms with van der Waals surface area (Å²) in [4.78, 5) is 14.3. The van der Waals surface area contributed by atoms with Crippen LogP contribution in [-0.4, -0.2) is 48.2 Å². The molecule has 132 valence electrons. The van der Waals surface area contributed by atoms with Crippen molar-refractivity contribution in [3.8, 4) is 0 Å². The molecule has 0 saturated carbocycles. The molecule has 1 fully saturated rings. The van der Waals surface area contributed by atoms with E-state index in [9.17, 15) is 14.3 Å². The molecule has 24 heavy (non-hydrogen) atoms. The average Bonchev–Trinajstić information content (AvgIpc) is 2.57. The number of piperidine rings is 1. The number of carbonyl (C=O) groups excluding carboxylic acids is 1. The number of rotatable bonds is 6. The van der Waals surface area contributed by atoms with Crippen LogP contribution in [0.2, 0.25) is 0 Å². The molecule has 1 aliphatic rings. The summed E-state index contributed by atoms with van der Waals surface area (Å²) in [5, 5.41) is 12.9. The number of nitrogens with zero attached hydrogens (tertiary/aromatic N) is 1. The van der Waals surface area contributed by atoms with Crippen LogP contribution in [0, 0.1) is 11.7 Å². The minimum atomic E-state index is -0.569. The molecule has 0 radical (unpaired) electrons. The van der Waals surface area contributed by atoms with Crippen LogP contribution in [0.15, 0.2) is 29.8 Å². The van der Waals surface area contributed by atoms with E-state index in [1.54, 1.807) is 25.1 Å². The number of benzene rings is 1. The summed E-state index contributed by atoms with van der Waals surface area (Å²) >= 11 is 0. The smallest absolute Gasteiger partial charge is 0.247 e. The Bertz CT molecular complexity index is 563. The van der Waals surface area contributed by atoms with E-state index in [1.807, 2.05) is 0 Å². The van der Waals surface area contributed by atoms with Crippen molar-refractivity contribution >= 4 is 12.0 Å². The molecule has 1 amide bonds. The highest BCUT2D eigenvalue weighted by molar-refractivity contribution is 5.97. The van der Waals surface area contributed by atoms with Crippen LogP contribution in [0.3, 0.4) is 0 Å². The number of likely N-dealkylation sites (tertiary alicyclic amines) is 1. The topological polar surface area (TPSA) is 52.6 Å². The van der Waals surface area contributed by atoms with E-state index in [0.717, 1.165) is 24.6 Å². The van der Waals surface area contributed by atoms with Crippen LogP contribution in [0.5, 0.6) is 0 Å². The molecule has 1 unspecified atom stereocenters. The first-order valence-corrected chi connectivity index (χ1v) is 8.56. The number of nitrogens with one attached hydrogen (secondary N) is 1. The van der Waals surface area contributed by atoms with E-state index >= 15 is 0 Å². The SMILES string of the molecule is C/C(=C\c1ccc(F)cc1)C(=O)NCC(O)CN1CCC(C)CC1.